The van der Waals surface area contributed by atoms with Gasteiger partial charge < -0.3 is 15.4 Å². The van der Waals surface area contributed by atoms with E-state index in [-0.39, 0.29) is 18.6 Å². The highest BCUT2D eigenvalue weighted by Gasteiger charge is 2.17. The fourth-order valence-electron chi connectivity index (χ4n) is 2.79. The number of hydrogen-bond acceptors (Lipinski definition) is 5. The predicted octanol–water partition coefficient (Wildman–Crippen LogP) is 2.80. The lowest BCUT2D eigenvalue weighted by Crippen LogP contribution is -2.46. The maximum Gasteiger partial charge on any atom is 0.258 e. The Hall–Kier alpha value is -0.850. The average Bonchev–Trinajstić information content (AvgIpc) is 2.62. The molecule has 0 aliphatic carbocycles. The molecule has 1 aromatic carbocycles. The van der Waals surface area contributed by atoms with E-state index in [0.29, 0.717) is 4.58 Å². The van der Waals surface area contributed by atoms with Crippen LogP contribution in [0.1, 0.15) is 29.4 Å². The van der Waals surface area contributed by atoms with Crippen molar-refractivity contribution in [2.24, 2.45) is 0 Å². The van der Waals surface area contributed by atoms with Crippen LogP contribution in [0.25, 0.3) is 0 Å². The van der Waals surface area contributed by atoms with Gasteiger partial charge in [-0.05, 0) is 55.0 Å². The highest BCUT2D eigenvalue weighted by molar-refractivity contribution is 8.16. The van der Waals surface area contributed by atoms with Crippen LogP contribution in [-0.4, -0.2) is 43.2 Å². The van der Waals surface area contributed by atoms with Crippen molar-refractivity contribution in [2.45, 2.75) is 29.9 Å². The molecule has 2 aliphatic heterocycles. The number of nitrogens with one attached hydrogen (secondary N) is 2. The van der Waals surface area contributed by atoms with E-state index in [1.54, 1.807) is 0 Å². The van der Waals surface area contributed by atoms with Crippen molar-refractivity contribution in [3.63, 3.8) is 0 Å². The van der Waals surface area contributed by atoms with Crippen molar-refractivity contribution >= 4 is 29.4 Å². The molecule has 1 unspecified atom stereocenters. The summed E-state index contributed by atoms with van der Waals surface area (Å²) in [5.41, 5.74) is 1.34. The minimum Gasteiger partial charge on any atom is -0.484 e. The van der Waals surface area contributed by atoms with Crippen LogP contribution in [0.4, 0.5) is 0 Å². The fraction of sp³-hybridized carbons (Fsp3) is 0.588. The van der Waals surface area contributed by atoms with Gasteiger partial charge in [-0.2, -0.15) is 0 Å². The molecule has 6 heteroatoms. The molecule has 4 nitrogen and oxygen atoms in total. The zero-order valence-corrected chi connectivity index (χ0v) is 14.9. The molecule has 2 heterocycles. The first-order valence-electron chi connectivity index (χ1n) is 8.27. The van der Waals surface area contributed by atoms with Crippen LogP contribution < -0.4 is 15.4 Å². The molecule has 126 valence electrons. The molecule has 2 aliphatic rings. The Morgan fingerprint density at radius 1 is 1.22 bits per heavy atom. The molecule has 2 saturated heterocycles. The molecule has 23 heavy (non-hydrogen) atoms. The minimum atomic E-state index is -0.0406. The van der Waals surface area contributed by atoms with Gasteiger partial charge in [0.2, 0.25) is 0 Å². The quantitative estimate of drug-likeness (QED) is 0.853. The van der Waals surface area contributed by atoms with E-state index in [1.165, 1.54) is 23.5 Å². The number of thioether (sulfide) groups is 2. The van der Waals surface area contributed by atoms with Crippen molar-refractivity contribution in [3.05, 3.63) is 29.8 Å². The molecule has 0 radical (unpaired) electrons. The van der Waals surface area contributed by atoms with Crippen LogP contribution in [0.5, 0.6) is 5.75 Å². The van der Waals surface area contributed by atoms with Crippen molar-refractivity contribution in [3.8, 4) is 5.75 Å². The number of amides is 1. The molecule has 0 saturated carbocycles. The number of piperidine rings is 1. The Kier molecular flexibility index (Phi) is 6.54. The van der Waals surface area contributed by atoms with Crippen LogP contribution in [0, 0.1) is 0 Å². The summed E-state index contributed by atoms with van der Waals surface area (Å²) in [5.74, 6) is 3.20. The van der Waals surface area contributed by atoms with Crippen LogP contribution >= 0.6 is 23.5 Å². The molecule has 0 spiro atoms. The molecule has 2 fully saturated rings. The molecule has 1 aromatic rings. The van der Waals surface area contributed by atoms with Gasteiger partial charge in [-0.1, -0.05) is 12.1 Å². The third-order valence-electron chi connectivity index (χ3n) is 4.01. The van der Waals surface area contributed by atoms with E-state index in [9.17, 15) is 4.79 Å². The van der Waals surface area contributed by atoms with E-state index >= 15 is 0 Å². The molecule has 3 rings (SSSR count). The maximum absolute atomic E-state index is 11.9. The van der Waals surface area contributed by atoms with Gasteiger partial charge in [-0.25, -0.2) is 0 Å². The SMILES string of the molecule is O=C(COc1ccc(C2SCCCS2)cc1)NC1CCCNC1. The zero-order chi connectivity index (χ0) is 15.9. The van der Waals surface area contributed by atoms with Crippen molar-refractivity contribution in [1.29, 1.82) is 0 Å². The highest BCUT2D eigenvalue weighted by Crippen LogP contribution is 2.43. The molecule has 1 amide bonds. The average molecular weight is 353 g/mol. The number of carbonyl (C=O) groups excluding carboxylic acids is 1. The summed E-state index contributed by atoms with van der Waals surface area (Å²) in [6, 6.07) is 8.42. The lowest BCUT2D eigenvalue weighted by atomic mass is 10.1. The molecule has 2 N–H and O–H groups in total. The number of ether oxygens (including phenoxy) is 1. The Morgan fingerprint density at radius 2 is 2.00 bits per heavy atom. The first-order chi connectivity index (χ1) is 11.3. The summed E-state index contributed by atoms with van der Waals surface area (Å²) in [6.45, 7) is 1.99. The van der Waals surface area contributed by atoms with Crippen LogP contribution in [0.3, 0.4) is 0 Å². The van der Waals surface area contributed by atoms with Gasteiger partial charge in [0, 0.05) is 12.6 Å². The van der Waals surface area contributed by atoms with E-state index < -0.39 is 0 Å². The summed E-state index contributed by atoms with van der Waals surface area (Å²) in [4.78, 5) is 11.9. The topological polar surface area (TPSA) is 50.4 Å². The van der Waals surface area contributed by atoms with Crippen LogP contribution in [-0.2, 0) is 4.79 Å². The Labute approximate surface area is 146 Å². The Morgan fingerprint density at radius 3 is 2.70 bits per heavy atom. The third-order valence-corrected chi connectivity index (χ3v) is 7.03. The normalized spacial score (nSPS) is 22.5. The van der Waals surface area contributed by atoms with E-state index in [4.69, 9.17) is 4.74 Å². The zero-order valence-electron chi connectivity index (χ0n) is 13.3. The number of hydrogen-bond donors (Lipinski definition) is 2. The minimum absolute atomic E-state index is 0.0406. The van der Waals surface area contributed by atoms with Gasteiger partial charge in [0.05, 0.1) is 4.58 Å². The fourth-order valence-corrected chi connectivity index (χ4v) is 5.69. The number of benzene rings is 1. The lowest BCUT2D eigenvalue weighted by Gasteiger charge is -2.23. The van der Waals surface area contributed by atoms with Crippen LogP contribution in [0.15, 0.2) is 24.3 Å². The summed E-state index contributed by atoms with van der Waals surface area (Å²) in [7, 11) is 0. The number of carbonyl (C=O) groups is 1. The molecular formula is C17H24N2O2S2. The third kappa shape index (κ3) is 5.33. The standard InChI is InChI=1S/C17H24N2O2S2/c20-16(19-14-3-1-8-18-11-14)12-21-15-6-4-13(5-7-15)17-22-9-2-10-23-17/h4-7,14,17-18H,1-3,8-12H2,(H,19,20). The van der Waals surface area contributed by atoms with Gasteiger partial charge in [0.25, 0.3) is 5.91 Å². The highest BCUT2D eigenvalue weighted by atomic mass is 32.2. The molecular weight excluding hydrogens is 328 g/mol. The second kappa shape index (κ2) is 8.85. The summed E-state index contributed by atoms with van der Waals surface area (Å²) in [6.07, 6.45) is 3.47. The smallest absolute Gasteiger partial charge is 0.258 e. The first-order valence-corrected chi connectivity index (χ1v) is 10.4. The van der Waals surface area contributed by atoms with Gasteiger partial charge >= 0.3 is 0 Å². The van der Waals surface area contributed by atoms with Gasteiger partial charge in [-0.15, -0.1) is 23.5 Å². The van der Waals surface area contributed by atoms with Crippen molar-refractivity contribution < 1.29 is 9.53 Å². The van der Waals surface area contributed by atoms with Gasteiger partial charge in [0.15, 0.2) is 6.61 Å². The molecule has 1 atom stereocenters. The van der Waals surface area contributed by atoms with Gasteiger partial charge in [-0.3, -0.25) is 4.79 Å². The monoisotopic (exact) mass is 352 g/mol. The largest absolute Gasteiger partial charge is 0.484 e. The molecule has 0 bridgehead atoms. The van der Waals surface area contributed by atoms with Crippen molar-refractivity contribution in [1.82, 2.24) is 10.6 Å². The second-order valence-corrected chi connectivity index (χ2v) is 8.62. The first kappa shape index (κ1) is 17.0. The van der Waals surface area contributed by atoms with E-state index in [0.717, 1.165) is 31.7 Å². The summed E-state index contributed by atoms with van der Waals surface area (Å²) >= 11 is 4.02. The maximum atomic E-state index is 11.9. The summed E-state index contributed by atoms with van der Waals surface area (Å²) < 4.78 is 6.15. The Balaban J connectivity index is 1.43. The van der Waals surface area contributed by atoms with Gasteiger partial charge in [0.1, 0.15) is 5.75 Å². The van der Waals surface area contributed by atoms with E-state index in [2.05, 4.69) is 22.8 Å². The number of rotatable bonds is 5. The van der Waals surface area contributed by atoms with Crippen LogP contribution in [0.2, 0.25) is 0 Å². The Bertz CT molecular complexity index is 498. The molecule has 0 aromatic heterocycles. The second-order valence-electron chi connectivity index (χ2n) is 5.90. The van der Waals surface area contributed by atoms with Crippen molar-refractivity contribution in [2.75, 3.05) is 31.2 Å². The van der Waals surface area contributed by atoms with E-state index in [1.807, 2.05) is 35.7 Å². The predicted molar refractivity (Wildman–Crippen MR) is 98.2 cm³/mol. The summed E-state index contributed by atoms with van der Waals surface area (Å²) in [5, 5.41) is 6.31. The lowest BCUT2D eigenvalue weighted by molar-refractivity contribution is -0.123.